The van der Waals surface area contributed by atoms with E-state index in [1.807, 2.05) is 55.6 Å². The highest BCUT2D eigenvalue weighted by molar-refractivity contribution is 7.14. The number of carbonyl (C=O) groups excluding carboxylic acids is 2. The molecule has 5 nitrogen and oxygen atoms in total. The molecule has 0 aliphatic rings. The number of aryl methyl sites for hydroxylation is 2. The number of nitrogens with one attached hydrogen (secondary N) is 2. The second-order valence-electron chi connectivity index (χ2n) is 5.95. The van der Waals surface area contributed by atoms with E-state index in [1.165, 1.54) is 16.9 Å². The summed E-state index contributed by atoms with van der Waals surface area (Å²) >= 11 is 1.35. The van der Waals surface area contributed by atoms with E-state index in [9.17, 15) is 9.59 Å². The summed E-state index contributed by atoms with van der Waals surface area (Å²) in [6.45, 7) is 3.78. The molecule has 0 radical (unpaired) electrons. The van der Waals surface area contributed by atoms with E-state index in [4.69, 9.17) is 0 Å². The van der Waals surface area contributed by atoms with Gasteiger partial charge in [0.1, 0.15) is 0 Å². The van der Waals surface area contributed by atoms with Crippen LogP contribution in [-0.2, 0) is 4.79 Å². The third kappa shape index (κ3) is 4.34. The summed E-state index contributed by atoms with van der Waals surface area (Å²) in [5.74, 6) is -0.575. The van der Waals surface area contributed by atoms with Gasteiger partial charge in [0.25, 0.3) is 5.91 Å². The van der Waals surface area contributed by atoms with Crippen LogP contribution in [0.15, 0.2) is 53.9 Å². The van der Waals surface area contributed by atoms with E-state index < -0.39 is 0 Å². The van der Waals surface area contributed by atoms with Gasteiger partial charge in [0.2, 0.25) is 5.91 Å². The van der Waals surface area contributed by atoms with Crippen molar-refractivity contribution >= 4 is 28.3 Å². The Morgan fingerprint density at radius 2 is 1.77 bits per heavy atom. The number of rotatable bonds is 5. The minimum absolute atomic E-state index is 0.105. The minimum Gasteiger partial charge on any atom is -0.343 e. The summed E-state index contributed by atoms with van der Waals surface area (Å²) in [5.41, 5.74) is 4.43. The van der Waals surface area contributed by atoms with Crippen molar-refractivity contribution in [3.05, 3.63) is 70.6 Å². The molecule has 0 saturated carbocycles. The number of amides is 2. The van der Waals surface area contributed by atoms with Gasteiger partial charge >= 0.3 is 0 Å². The summed E-state index contributed by atoms with van der Waals surface area (Å²) in [4.78, 5) is 28.6. The lowest BCUT2D eigenvalue weighted by Crippen LogP contribution is -2.33. The number of nitrogens with zero attached hydrogens (tertiary/aromatic N) is 1. The Kier molecular flexibility index (Phi) is 5.43. The fourth-order valence-corrected chi connectivity index (χ4v) is 3.17. The van der Waals surface area contributed by atoms with Crippen molar-refractivity contribution in [3.8, 4) is 11.3 Å². The third-order valence-electron chi connectivity index (χ3n) is 3.90. The van der Waals surface area contributed by atoms with E-state index in [0.717, 1.165) is 16.8 Å². The fourth-order valence-electron chi connectivity index (χ4n) is 2.43. The molecule has 0 atom stereocenters. The molecular formula is C20H19N3O2S. The zero-order chi connectivity index (χ0) is 18.5. The summed E-state index contributed by atoms with van der Waals surface area (Å²) in [5, 5.41) is 7.75. The summed E-state index contributed by atoms with van der Waals surface area (Å²) in [7, 11) is 0. The maximum atomic E-state index is 12.1. The van der Waals surface area contributed by atoms with Gasteiger partial charge in [-0.3, -0.25) is 9.59 Å². The lowest BCUT2D eigenvalue weighted by molar-refractivity contribution is -0.115. The molecule has 2 N–H and O–H groups in total. The predicted octanol–water partition coefficient (Wildman–Crippen LogP) is 3.80. The number of aromatic nitrogens is 1. The third-order valence-corrected chi connectivity index (χ3v) is 4.65. The molecule has 0 unspecified atom stereocenters. The van der Waals surface area contributed by atoms with E-state index in [0.29, 0.717) is 10.7 Å². The Hall–Kier alpha value is -2.99. The van der Waals surface area contributed by atoms with Crippen LogP contribution in [0, 0.1) is 13.8 Å². The Labute approximate surface area is 156 Å². The van der Waals surface area contributed by atoms with Crippen LogP contribution in [-0.4, -0.2) is 23.3 Å². The largest absolute Gasteiger partial charge is 0.343 e. The number of thiazole rings is 1. The van der Waals surface area contributed by atoms with Crippen LogP contribution in [0.5, 0.6) is 0 Å². The predicted molar refractivity (Wildman–Crippen MR) is 104 cm³/mol. The summed E-state index contributed by atoms with van der Waals surface area (Å²) < 4.78 is 0. The van der Waals surface area contributed by atoms with E-state index in [1.54, 1.807) is 12.1 Å². The van der Waals surface area contributed by atoms with Gasteiger partial charge in [-0.2, -0.15) is 0 Å². The average Bonchev–Trinajstić information content (AvgIpc) is 3.09. The molecule has 0 aliphatic heterocycles. The number of carbonyl (C=O) groups is 2. The molecule has 26 heavy (non-hydrogen) atoms. The van der Waals surface area contributed by atoms with Crippen molar-refractivity contribution in [3.63, 3.8) is 0 Å². The zero-order valence-electron chi connectivity index (χ0n) is 14.6. The molecule has 0 spiro atoms. The van der Waals surface area contributed by atoms with Crippen LogP contribution in [0.2, 0.25) is 0 Å². The molecule has 1 aromatic heterocycles. The van der Waals surface area contributed by atoms with Crippen molar-refractivity contribution < 1.29 is 9.59 Å². The Morgan fingerprint density at radius 1 is 1.04 bits per heavy atom. The first kappa shape index (κ1) is 17.8. The Morgan fingerprint density at radius 3 is 2.50 bits per heavy atom. The van der Waals surface area contributed by atoms with Gasteiger partial charge in [0.05, 0.1) is 12.2 Å². The number of benzene rings is 2. The van der Waals surface area contributed by atoms with E-state index >= 15 is 0 Å². The van der Waals surface area contributed by atoms with Crippen LogP contribution in [0.4, 0.5) is 5.13 Å². The second-order valence-corrected chi connectivity index (χ2v) is 6.81. The molecule has 6 heteroatoms. The fraction of sp³-hybridized carbons (Fsp3) is 0.150. The monoisotopic (exact) mass is 365 g/mol. The lowest BCUT2D eigenvalue weighted by atomic mass is 10.1. The van der Waals surface area contributed by atoms with Gasteiger partial charge in [0, 0.05) is 16.5 Å². The maximum absolute atomic E-state index is 12.1. The molecule has 2 amide bonds. The molecular weight excluding hydrogens is 346 g/mol. The van der Waals surface area contributed by atoms with Crippen molar-refractivity contribution in [2.24, 2.45) is 0 Å². The summed E-state index contributed by atoms with van der Waals surface area (Å²) in [6, 6.07) is 15.3. The number of hydrogen-bond acceptors (Lipinski definition) is 4. The Bertz CT molecular complexity index is 932. The van der Waals surface area contributed by atoms with E-state index in [2.05, 4.69) is 15.6 Å². The smallest absolute Gasteiger partial charge is 0.251 e. The molecule has 132 valence electrons. The van der Waals surface area contributed by atoms with E-state index in [-0.39, 0.29) is 18.4 Å². The standard InChI is InChI=1S/C20H19N3O2S/c1-13-7-9-15(10-8-13)17-12-26-20(22-17)23-18(24)11-21-19(25)16-6-4-3-5-14(16)2/h3-10,12H,11H2,1-2H3,(H,21,25)(H,22,23,24). The molecule has 0 bridgehead atoms. The second kappa shape index (κ2) is 7.93. The molecule has 0 saturated heterocycles. The first-order valence-electron chi connectivity index (χ1n) is 8.19. The zero-order valence-corrected chi connectivity index (χ0v) is 15.4. The van der Waals surface area contributed by atoms with Gasteiger partial charge in [-0.25, -0.2) is 4.98 Å². The molecule has 0 aliphatic carbocycles. The van der Waals surface area contributed by atoms with Crippen LogP contribution >= 0.6 is 11.3 Å². The summed E-state index contributed by atoms with van der Waals surface area (Å²) in [6.07, 6.45) is 0. The van der Waals surface area contributed by atoms with Gasteiger partial charge in [-0.15, -0.1) is 11.3 Å². The first-order valence-corrected chi connectivity index (χ1v) is 9.07. The SMILES string of the molecule is Cc1ccc(-c2csc(NC(=O)CNC(=O)c3ccccc3C)n2)cc1. The normalized spacial score (nSPS) is 10.4. The average molecular weight is 365 g/mol. The number of hydrogen-bond donors (Lipinski definition) is 2. The molecule has 0 fully saturated rings. The minimum atomic E-state index is -0.309. The van der Waals surface area contributed by atoms with Gasteiger partial charge < -0.3 is 10.6 Å². The lowest BCUT2D eigenvalue weighted by Gasteiger charge is -2.07. The van der Waals surface area contributed by atoms with Crippen LogP contribution in [0.1, 0.15) is 21.5 Å². The van der Waals surface area contributed by atoms with Crippen molar-refractivity contribution in [2.75, 3.05) is 11.9 Å². The molecule has 3 rings (SSSR count). The van der Waals surface area contributed by atoms with Gasteiger partial charge in [-0.05, 0) is 25.5 Å². The van der Waals surface area contributed by atoms with Gasteiger partial charge in [-0.1, -0.05) is 48.0 Å². The van der Waals surface area contributed by atoms with Gasteiger partial charge in [0.15, 0.2) is 5.13 Å². The molecule has 2 aromatic carbocycles. The highest BCUT2D eigenvalue weighted by Crippen LogP contribution is 2.25. The van der Waals surface area contributed by atoms with Crippen molar-refractivity contribution in [2.45, 2.75) is 13.8 Å². The molecule has 3 aromatic rings. The Balaban J connectivity index is 1.56. The highest BCUT2D eigenvalue weighted by Gasteiger charge is 2.12. The maximum Gasteiger partial charge on any atom is 0.251 e. The van der Waals surface area contributed by atoms with Crippen LogP contribution < -0.4 is 10.6 Å². The number of anilines is 1. The van der Waals surface area contributed by atoms with Crippen LogP contribution in [0.3, 0.4) is 0 Å². The topological polar surface area (TPSA) is 71.1 Å². The molecule has 1 heterocycles. The van der Waals surface area contributed by atoms with Crippen LogP contribution in [0.25, 0.3) is 11.3 Å². The van der Waals surface area contributed by atoms with Crippen molar-refractivity contribution in [1.82, 2.24) is 10.3 Å². The highest BCUT2D eigenvalue weighted by atomic mass is 32.1. The quantitative estimate of drug-likeness (QED) is 0.722. The van der Waals surface area contributed by atoms with Crippen molar-refractivity contribution in [1.29, 1.82) is 0 Å². The first-order chi connectivity index (χ1) is 12.5.